The van der Waals surface area contributed by atoms with Gasteiger partial charge in [0, 0.05) is 24.4 Å². The first-order valence-electron chi connectivity index (χ1n) is 6.27. The van der Waals surface area contributed by atoms with E-state index in [1.54, 1.807) is 0 Å². The number of aromatic nitrogens is 1. The summed E-state index contributed by atoms with van der Waals surface area (Å²) in [7, 11) is 0. The fourth-order valence-electron chi connectivity index (χ4n) is 2.56. The van der Waals surface area contributed by atoms with Crippen molar-refractivity contribution in [3.8, 4) is 0 Å². The topological polar surface area (TPSA) is 24.9 Å². The smallest absolute Gasteiger partial charge is 0.0419 e. The van der Waals surface area contributed by atoms with E-state index in [9.17, 15) is 0 Å². The predicted octanol–water partition coefficient (Wildman–Crippen LogP) is 2.65. The second kappa shape index (κ2) is 4.54. The molecular weight excluding hydrogens is 196 g/mol. The minimum atomic E-state index is 0.529. The predicted molar refractivity (Wildman–Crippen MR) is 67.3 cm³/mol. The maximum atomic E-state index is 4.42. The van der Waals surface area contributed by atoms with Gasteiger partial charge in [-0.05, 0) is 36.4 Å². The van der Waals surface area contributed by atoms with Crippen LogP contribution in [-0.2, 0) is 6.42 Å². The fraction of sp³-hybridized carbons (Fsp3) is 0.643. The Labute approximate surface area is 98.5 Å². The summed E-state index contributed by atoms with van der Waals surface area (Å²) >= 11 is 0. The molecule has 0 amide bonds. The van der Waals surface area contributed by atoms with Crippen LogP contribution in [0.15, 0.2) is 24.4 Å². The van der Waals surface area contributed by atoms with Gasteiger partial charge in [-0.1, -0.05) is 26.8 Å². The average Bonchev–Trinajstić information content (AvgIpc) is 2.89. The highest BCUT2D eigenvalue weighted by Crippen LogP contribution is 2.53. The summed E-state index contributed by atoms with van der Waals surface area (Å²) in [4.78, 5) is 4.42. The van der Waals surface area contributed by atoms with E-state index in [1.165, 1.54) is 12.1 Å². The van der Waals surface area contributed by atoms with E-state index >= 15 is 0 Å². The zero-order valence-electron chi connectivity index (χ0n) is 10.5. The van der Waals surface area contributed by atoms with Crippen LogP contribution in [0.1, 0.15) is 32.9 Å². The van der Waals surface area contributed by atoms with Gasteiger partial charge in [-0.3, -0.25) is 4.98 Å². The third-order valence-corrected chi connectivity index (χ3v) is 3.70. The number of rotatable bonds is 5. The second-order valence-electron chi connectivity index (χ2n) is 5.49. The molecule has 16 heavy (non-hydrogen) atoms. The van der Waals surface area contributed by atoms with Crippen LogP contribution in [0.4, 0.5) is 0 Å². The van der Waals surface area contributed by atoms with Gasteiger partial charge in [0.1, 0.15) is 0 Å². The van der Waals surface area contributed by atoms with E-state index in [0.717, 1.165) is 18.9 Å². The summed E-state index contributed by atoms with van der Waals surface area (Å²) in [5.74, 6) is 0.814. The molecule has 2 unspecified atom stereocenters. The molecule has 2 atom stereocenters. The fourth-order valence-corrected chi connectivity index (χ4v) is 2.56. The van der Waals surface area contributed by atoms with Crippen LogP contribution in [0.5, 0.6) is 0 Å². The standard InChI is InChI=1S/C14H22N2/c1-4-15-13(12-10-14(12,2)3)9-11-7-5-6-8-16-11/h5-8,12-13,15H,4,9-10H2,1-3H3. The first-order valence-corrected chi connectivity index (χ1v) is 6.27. The van der Waals surface area contributed by atoms with Crippen LogP contribution < -0.4 is 5.32 Å². The van der Waals surface area contributed by atoms with Crippen molar-refractivity contribution in [1.29, 1.82) is 0 Å². The lowest BCUT2D eigenvalue weighted by molar-refractivity contribution is 0.407. The van der Waals surface area contributed by atoms with E-state index in [-0.39, 0.29) is 0 Å². The van der Waals surface area contributed by atoms with Gasteiger partial charge in [0.25, 0.3) is 0 Å². The number of hydrogen-bond donors (Lipinski definition) is 1. The lowest BCUT2D eigenvalue weighted by Crippen LogP contribution is -2.34. The number of likely N-dealkylation sites (N-methyl/N-ethyl adjacent to an activating group) is 1. The zero-order valence-corrected chi connectivity index (χ0v) is 10.5. The van der Waals surface area contributed by atoms with Crippen molar-refractivity contribution in [2.45, 2.75) is 39.7 Å². The van der Waals surface area contributed by atoms with Gasteiger partial charge in [-0.25, -0.2) is 0 Å². The largest absolute Gasteiger partial charge is 0.314 e. The molecule has 0 aromatic carbocycles. The average molecular weight is 218 g/mol. The van der Waals surface area contributed by atoms with Gasteiger partial charge in [-0.2, -0.15) is 0 Å². The molecule has 1 aliphatic rings. The summed E-state index contributed by atoms with van der Waals surface area (Å²) < 4.78 is 0. The molecule has 0 aliphatic heterocycles. The van der Waals surface area contributed by atoms with Crippen LogP contribution in [0, 0.1) is 11.3 Å². The molecule has 0 radical (unpaired) electrons. The first-order chi connectivity index (χ1) is 7.63. The third-order valence-electron chi connectivity index (χ3n) is 3.70. The Bertz CT molecular complexity index is 332. The molecule has 1 aliphatic carbocycles. The van der Waals surface area contributed by atoms with E-state index in [2.05, 4.69) is 43.2 Å². The maximum Gasteiger partial charge on any atom is 0.0419 e. The van der Waals surface area contributed by atoms with Gasteiger partial charge < -0.3 is 5.32 Å². The van der Waals surface area contributed by atoms with Crippen molar-refractivity contribution in [2.75, 3.05) is 6.54 Å². The number of nitrogens with zero attached hydrogens (tertiary/aromatic N) is 1. The van der Waals surface area contributed by atoms with E-state index in [0.29, 0.717) is 11.5 Å². The van der Waals surface area contributed by atoms with Crippen molar-refractivity contribution in [1.82, 2.24) is 10.3 Å². The van der Waals surface area contributed by atoms with Gasteiger partial charge in [0.2, 0.25) is 0 Å². The number of pyridine rings is 1. The zero-order chi connectivity index (χ0) is 11.6. The normalized spacial score (nSPS) is 24.1. The quantitative estimate of drug-likeness (QED) is 0.822. The van der Waals surface area contributed by atoms with Crippen molar-refractivity contribution in [3.05, 3.63) is 30.1 Å². The summed E-state index contributed by atoms with van der Waals surface area (Å²) in [5, 5.41) is 3.61. The van der Waals surface area contributed by atoms with E-state index in [1.807, 2.05) is 12.3 Å². The Morgan fingerprint density at radius 2 is 2.25 bits per heavy atom. The molecule has 0 bridgehead atoms. The Kier molecular flexibility index (Phi) is 3.29. The summed E-state index contributed by atoms with van der Waals surface area (Å²) in [5.41, 5.74) is 1.73. The van der Waals surface area contributed by atoms with Gasteiger partial charge >= 0.3 is 0 Å². The molecule has 88 valence electrons. The summed E-state index contributed by atoms with van der Waals surface area (Å²) in [6.45, 7) is 7.95. The van der Waals surface area contributed by atoms with Crippen LogP contribution in [0.25, 0.3) is 0 Å². The molecule has 2 nitrogen and oxygen atoms in total. The second-order valence-corrected chi connectivity index (χ2v) is 5.49. The number of nitrogens with one attached hydrogen (secondary N) is 1. The van der Waals surface area contributed by atoms with Crippen molar-refractivity contribution in [2.24, 2.45) is 11.3 Å². The Morgan fingerprint density at radius 1 is 1.50 bits per heavy atom. The molecule has 1 saturated carbocycles. The lowest BCUT2D eigenvalue weighted by Gasteiger charge is -2.19. The van der Waals surface area contributed by atoms with Crippen molar-refractivity contribution < 1.29 is 0 Å². The van der Waals surface area contributed by atoms with Gasteiger partial charge in [0.15, 0.2) is 0 Å². The highest BCUT2D eigenvalue weighted by Gasteiger charge is 2.49. The number of hydrogen-bond acceptors (Lipinski definition) is 2. The van der Waals surface area contributed by atoms with E-state index in [4.69, 9.17) is 0 Å². The monoisotopic (exact) mass is 218 g/mol. The Morgan fingerprint density at radius 3 is 2.75 bits per heavy atom. The molecule has 1 aromatic rings. The SMILES string of the molecule is CCNC(Cc1ccccn1)C1CC1(C)C. The molecule has 1 aromatic heterocycles. The Balaban J connectivity index is 1.99. The van der Waals surface area contributed by atoms with Crippen LogP contribution >= 0.6 is 0 Å². The maximum absolute atomic E-state index is 4.42. The minimum absolute atomic E-state index is 0.529. The molecule has 1 fully saturated rings. The molecule has 2 heteroatoms. The Hall–Kier alpha value is -0.890. The molecule has 0 spiro atoms. The molecule has 2 rings (SSSR count). The van der Waals surface area contributed by atoms with E-state index < -0.39 is 0 Å². The molecular formula is C14H22N2. The molecule has 1 N–H and O–H groups in total. The highest BCUT2D eigenvalue weighted by atomic mass is 14.9. The van der Waals surface area contributed by atoms with Crippen molar-refractivity contribution in [3.63, 3.8) is 0 Å². The first kappa shape index (κ1) is 11.6. The molecule has 1 heterocycles. The van der Waals surface area contributed by atoms with Gasteiger partial charge in [0.05, 0.1) is 0 Å². The van der Waals surface area contributed by atoms with Crippen LogP contribution in [0.3, 0.4) is 0 Å². The van der Waals surface area contributed by atoms with Crippen molar-refractivity contribution >= 4 is 0 Å². The lowest BCUT2D eigenvalue weighted by atomic mass is 9.99. The van der Waals surface area contributed by atoms with Crippen LogP contribution in [-0.4, -0.2) is 17.6 Å². The summed E-state index contributed by atoms with van der Waals surface area (Å²) in [6.07, 6.45) is 4.29. The third kappa shape index (κ3) is 2.62. The van der Waals surface area contributed by atoms with Gasteiger partial charge in [-0.15, -0.1) is 0 Å². The highest BCUT2D eigenvalue weighted by molar-refractivity contribution is 5.10. The minimum Gasteiger partial charge on any atom is -0.314 e. The van der Waals surface area contributed by atoms with Crippen LogP contribution in [0.2, 0.25) is 0 Å². The summed E-state index contributed by atoms with van der Waals surface area (Å²) in [6, 6.07) is 6.77. The molecule has 0 saturated heterocycles.